The molecule has 3 aliphatic heterocycles. The average molecular weight is 384 g/mol. The lowest BCUT2D eigenvalue weighted by atomic mass is 10.0. The quantitative estimate of drug-likeness (QED) is 0.736. The van der Waals surface area contributed by atoms with Gasteiger partial charge in [-0.05, 0) is 23.3 Å². The lowest BCUT2D eigenvalue weighted by Crippen LogP contribution is -2.38. The van der Waals surface area contributed by atoms with Crippen molar-refractivity contribution in [3.05, 3.63) is 41.0 Å². The summed E-state index contributed by atoms with van der Waals surface area (Å²) in [6.45, 7) is 2.32. The third-order valence-electron chi connectivity index (χ3n) is 4.92. The highest BCUT2D eigenvalue weighted by molar-refractivity contribution is 5.83. The summed E-state index contributed by atoms with van der Waals surface area (Å²) in [5.74, 6) is -4.10. The Morgan fingerprint density at radius 1 is 1.07 bits per heavy atom. The van der Waals surface area contributed by atoms with Gasteiger partial charge in [-0.15, -0.1) is 5.11 Å². The van der Waals surface area contributed by atoms with E-state index in [2.05, 4.69) is 10.2 Å². The van der Waals surface area contributed by atoms with Gasteiger partial charge in [0.25, 0.3) is 5.91 Å². The lowest BCUT2D eigenvalue weighted by molar-refractivity contribution is -0.177. The minimum absolute atomic E-state index is 0.0802. The van der Waals surface area contributed by atoms with Crippen LogP contribution in [0.25, 0.3) is 0 Å². The van der Waals surface area contributed by atoms with E-state index in [1.165, 1.54) is 11.0 Å². The zero-order valence-electron chi connectivity index (χ0n) is 14.2. The minimum Gasteiger partial charge on any atom is -0.378 e. The highest BCUT2D eigenvalue weighted by atomic mass is 19.4. The number of benzene rings is 1. The third kappa shape index (κ3) is 3.29. The lowest BCUT2D eigenvalue weighted by Gasteiger charge is -2.29. The van der Waals surface area contributed by atoms with Crippen LogP contribution in [0.2, 0.25) is 0 Å². The number of anilines is 1. The van der Waals surface area contributed by atoms with Crippen molar-refractivity contribution in [2.45, 2.75) is 19.3 Å². The van der Waals surface area contributed by atoms with E-state index >= 15 is 0 Å². The number of carbonyl (C=O) groups excluding carboxylic acids is 1. The predicted molar refractivity (Wildman–Crippen MR) is 86.2 cm³/mol. The fraction of sp³-hybridized carbons (Fsp3) is 0.471. The zero-order valence-corrected chi connectivity index (χ0v) is 14.2. The molecule has 1 unspecified atom stereocenters. The number of azo groups is 1. The van der Waals surface area contributed by atoms with E-state index in [1.54, 1.807) is 6.07 Å². The molecular formula is C17H16F4N4O2. The molecule has 0 bridgehead atoms. The maximum absolute atomic E-state index is 14.5. The topological polar surface area (TPSA) is 57.5 Å². The van der Waals surface area contributed by atoms with Crippen molar-refractivity contribution >= 4 is 11.6 Å². The Morgan fingerprint density at radius 3 is 2.41 bits per heavy atom. The molecule has 0 aromatic heterocycles. The van der Waals surface area contributed by atoms with E-state index in [1.807, 2.05) is 4.90 Å². The summed E-state index contributed by atoms with van der Waals surface area (Å²) in [5, 5.41) is 6.42. The molecule has 1 fully saturated rings. The van der Waals surface area contributed by atoms with Crippen molar-refractivity contribution in [3.8, 4) is 0 Å². The molecule has 0 N–H and O–H groups in total. The minimum atomic E-state index is -4.76. The number of carbonyl (C=O) groups is 1. The molecule has 10 heteroatoms. The summed E-state index contributed by atoms with van der Waals surface area (Å²) in [4.78, 5) is 14.9. The smallest absolute Gasteiger partial charge is 0.378 e. The summed E-state index contributed by atoms with van der Waals surface area (Å²) in [5.41, 5.74) is 1.49. The monoisotopic (exact) mass is 384 g/mol. The van der Waals surface area contributed by atoms with E-state index in [0.29, 0.717) is 37.6 Å². The van der Waals surface area contributed by atoms with Crippen LogP contribution in [-0.2, 0) is 22.6 Å². The van der Waals surface area contributed by atoms with Gasteiger partial charge in [-0.1, -0.05) is 0 Å². The van der Waals surface area contributed by atoms with Crippen molar-refractivity contribution in [2.75, 3.05) is 31.2 Å². The first-order valence-electron chi connectivity index (χ1n) is 8.45. The molecule has 0 spiro atoms. The third-order valence-corrected chi connectivity index (χ3v) is 4.92. The number of morpholine rings is 1. The van der Waals surface area contributed by atoms with E-state index in [4.69, 9.17) is 4.74 Å². The van der Waals surface area contributed by atoms with Crippen molar-refractivity contribution < 1.29 is 27.1 Å². The van der Waals surface area contributed by atoms with Gasteiger partial charge in [0.05, 0.1) is 30.8 Å². The highest BCUT2D eigenvalue weighted by Gasteiger charge is 2.50. The largest absolute Gasteiger partial charge is 0.406 e. The molecule has 0 saturated carbocycles. The van der Waals surface area contributed by atoms with Gasteiger partial charge in [-0.2, -0.15) is 18.3 Å². The normalized spacial score (nSPS) is 22.9. The standard InChI is InChI=1S/C17H16F4N4O2/c18-12-5-10-8-25(14-7-22-23-16(26)15(14)17(19,20)21)9-11(10)6-13(12)24-1-3-27-4-2-24/h5-7,15H,1-4,8-9H2. The van der Waals surface area contributed by atoms with Crippen LogP contribution < -0.4 is 4.90 Å². The number of amides is 1. The van der Waals surface area contributed by atoms with E-state index in [0.717, 1.165) is 11.8 Å². The van der Waals surface area contributed by atoms with Gasteiger partial charge in [0.15, 0.2) is 5.92 Å². The number of fused-ring (bicyclic) bond motifs is 1. The Morgan fingerprint density at radius 2 is 1.74 bits per heavy atom. The van der Waals surface area contributed by atoms with Crippen LogP contribution in [0.1, 0.15) is 11.1 Å². The van der Waals surface area contributed by atoms with Crippen LogP contribution in [0.5, 0.6) is 0 Å². The van der Waals surface area contributed by atoms with E-state index in [-0.39, 0.29) is 18.8 Å². The Bertz CT molecular complexity index is 831. The van der Waals surface area contributed by atoms with Gasteiger partial charge in [0, 0.05) is 26.2 Å². The van der Waals surface area contributed by atoms with Crippen LogP contribution in [-0.4, -0.2) is 43.3 Å². The zero-order chi connectivity index (χ0) is 19.2. The predicted octanol–water partition coefficient (Wildman–Crippen LogP) is 2.99. The number of alkyl halides is 3. The van der Waals surface area contributed by atoms with E-state index < -0.39 is 23.8 Å². The molecule has 3 heterocycles. The molecule has 1 amide bonds. The Labute approximate surface area is 152 Å². The van der Waals surface area contributed by atoms with Crippen molar-refractivity contribution in [1.29, 1.82) is 0 Å². The Hall–Kier alpha value is -2.49. The molecule has 1 aromatic rings. The van der Waals surface area contributed by atoms with Gasteiger partial charge in [0.2, 0.25) is 0 Å². The molecule has 0 radical (unpaired) electrons. The number of hydrogen-bond acceptors (Lipinski definition) is 5. The number of hydrogen-bond donors (Lipinski definition) is 0. The molecule has 1 saturated heterocycles. The summed E-state index contributed by atoms with van der Waals surface area (Å²) >= 11 is 0. The Kier molecular flexibility index (Phi) is 4.37. The van der Waals surface area contributed by atoms with Crippen LogP contribution in [0, 0.1) is 11.7 Å². The molecule has 6 nitrogen and oxygen atoms in total. The van der Waals surface area contributed by atoms with Gasteiger partial charge in [-0.25, -0.2) is 4.39 Å². The molecular weight excluding hydrogens is 368 g/mol. The molecule has 3 aliphatic rings. The van der Waals surface area contributed by atoms with Gasteiger partial charge >= 0.3 is 6.18 Å². The maximum atomic E-state index is 14.5. The van der Waals surface area contributed by atoms with Gasteiger partial charge in [-0.3, -0.25) is 4.79 Å². The number of halogens is 4. The molecule has 1 aromatic carbocycles. The first-order valence-corrected chi connectivity index (χ1v) is 8.45. The van der Waals surface area contributed by atoms with Gasteiger partial charge < -0.3 is 14.5 Å². The van der Waals surface area contributed by atoms with Crippen LogP contribution in [0.4, 0.5) is 23.2 Å². The second-order valence-electron chi connectivity index (χ2n) is 6.61. The first kappa shape index (κ1) is 17.9. The maximum Gasteiger partial charge on any atom is 0.406 e. The van der Waals surface area contributed by atoms with Crippen LogP contribution >= 0.6 is 0 Å². The van der Waals surface area contributed by atoms with Crippen molar-refractivity contribution in [3.63, 3.8) is 0 Å². The molecule has 1 atom stereocenters. The number of ether oxygens (including phenoxy) is 1. The molecule has 27 heavy (non-hydrogen) atoms. The number of rotatable bonds is 2. The summed E-state index contributed by atoms with van der Waals surface area (Å²) < 4.78 is 59.8. The fourth-order valence-electron chi connectivity index (χ4n) is 3.61. The first-order chi connectivity index (χ1) is 12.8. The summed E-state index contributed by atoms with van der Waals surface area (Å²) in [6, 6.07) is 3.03. The molecule has 4 rings (SSSR count). The summed E-state index contributed by atoms with van der Waals surface area (Å²) in [7, 11) is 0. The molecule has 0 aliphatic carbocycles. The number of nitrogens with zero attached hydrogens (tertiary/aromatic N) is 4. The molecule has 144 valence electrons. The van der Waals surface area contributed by atoms with Crippen molar-refractivity contribution in [2.24, 2.45) is 16.1 Å². The average Bonchev–Trinajstić information content (AvgIpc) is 3.03. The van der Waals surface area contributed by atoms with Crippen molar-refractivity contribution in [1.82, 2.24) is 4.90 Å². The highest BCUT2D eigenvalue weighted by Crippen LogP contribution is 2.40. The van der Waals surface area contributed by atoms with E-state index in [9.17, 15) is 22.4 Å². The van der Waals surface area contributed by atoms with Crippen LogP contribution in [0.3, 0.4) is 0 Å². The summed E-state index contributed by atoms with van der Waals surface area (Å²) in [6.07, 6.45) is -3.80. The SMILES string of the molecule is O=C1N=NC=C(N2Cc3cc(F)c(N4CCOCC4)cc3C2)C1C(F)(F)F. The van der Waals surface area contributed by atoms with Gasteiger partial charge in [0.1, 0.15) is 5.82 Å². The second-order valence-corrected chi connectivity index (χ2v) is 6.61. The van der Waals surface area contributed by atoms with Crippen LogP contribution in [0.15, 0.2) is 34.3 Å². The Balaban J connectivity index is 1.61. The fourth-order valence-corrected chi connectivity index (χ4v) is 3.61. The second kappa shape index (κ2) is 6.59.